The summed E-state index contributed by atoms with van der Waals surface area (Å²) >= 11 is 1.27. The number of nitrogens with zero attached hydrogens (tertiary/aromatic N) is 2. The molecule has 0 amide bonds. The van der Waals surface area contributed by atoms with E-state index in [-0.39, 0.29) is 11.5 Å². The maximum Gasteiger partial charge on any atom is 0.358 e. The number of aromatic nitrogens is 1. The lowest BCUT2D eigenvalue weighted by molar-refractivity contribution is 0.0591. The maximum atomic E-state index is 11.4. The van der Waals surface area contributed by atoms with Crippen LogP contribution in [0.3, 0.4) is 0 Å². The second-order valence-electron chi connectivity index (χ2n) is 3.89. The summed E-state index contributed by atoms with van der Waals surface area (Å²) in [6.45, 7) is 2.25. The minimum absolute atomic E-state index is 0.138. The van der Waals surface area contributed by atoms with Gasteiger partial charge in [0, 0.05) is 19.9 Å². The number of carbonyl (C=O) groups excluding carboxylic acids is 2. The Morgan fingerprint density at radius 3 is 2.53 bits per heavy atom. The summed E-state index contributed by atoms with van der Waals surface area (Å²) in [5, 5.41) is 0.782. The molecule has 1 aromatic heterocycles. The van der Waals surface area contributed by atoms with Gasteiger partial charge in [0.25, 0.3) is 0 Å². The first-order valence-corrected chi connectivity index (χ1v) is 6.01. The van der Waals surface area contributed by atoms with Crippen LogP contribution in [0.2, 0.25) is 0 Å². The molecular weight excluding hydrogens is 240 g/mol. The lowest BCUT2D eigenvalue weighted by Gasteiger charge is -2.06. The molecule has 0 aliphatic carbocycles. The van der Waals surface area contributed by atoms with Crippen LogP contribution in [0.15, 0.2) is 0 Å². The van der Waals surface area contributed by atoms with Crippen LogP contribution in [-0.2, 0) is 11.2 Å². The summed E-state index contributed by atoms with van der Waals surface area (Å²) in [5.74, 6) is -0.707. The summed E-state index contributed by atoms with van der Waals surface area (Å²) in [6.07, 6.45) is 0.717. The summed E-state index contributed by atoms with van der Waals surface area (Å²) in [5.41, 5.74) is 0.138. The highest BCUT2D eigenvalue weighted by Crippen LogP contribution is 2.20. The zero-order chi connectivity index (χ0) is 13.0. The summed E-state index contributed by atoms with van der Waals surface area (Å²) < 4.78 is 4.61. The van der Waals surface area contributed by atoms with E-state index >= 15 is 0 Å². The van der Waals surface area contributed by atoms with Gasteiger partial charge in [-0.3, -0.25) is 4.79 Å². The fourth-order valence-corrected chi connectivity index (χ4v) is 2.20. The maximum absolute atomic E-state index is 11.4. The van der Waals surface area contributed by atoms with Gasteiger partial charge in [-0.25, -0.2) is 9.78 Å². The van der Waals surface area contributed by atoms with E-state index in [9.17, 15) is 9.59 Å². The zero-order valence-electron chi connectivity index (χ0n) is 10.4. The van der Waals surface area contributed by atoms with Crippen LogP contribution in [0.25, 0.3) is 0 Å². The molecule has 0 aromatic carbocycles. The Labute approximate surface area is 104 Å². The number of methoxy groups -OCH3 is 1. The number of rotatable bonds is 5. The van der Waals surface area contributed by atoms with Crippen molar-refractivity contribution in [1.82, 2.24) is 9.88 Å². The van der Waals surface area contributed by atoms with Crippen molar-refractivity contribution in [2.75, 3.05) is 27.7 Å². The van der Waals surface area contributed by atoms with E-state index in [0.717, 1.165) is 18.0 Å². The van der Waals surface area contributed by atoms with Gasteiger partial charge < -0.3 is 9.64 Å². The number of hydrogen-bond acceptors (Lipinski definition) is 6. The number of hydrogen-bond donors (Lipinski definition) is 0. The van der Waals surface area contributed by atoms with E-state index in [1.807, 2.05) is 19.0 Å². The predicted octanol–water partition coefficient (Wildman–Crippen LogP) is 1.24. The molecule has 0 saturated heterocycles. The lowest BCUT2D eigenvalue weighted by Crippen LogP contribution is -2.15. The fraction of sp³-hybridized carbons (Fsp3) is 0.545. The topological polar surface area (TPSA) is 59.5 Å². The molecule has 0 unspecified atom stereocenters. The molecule has 0 radical (unpaired) electrons. The molecule has 6 heteroatoms. The van der Waals surface area contributed by atoms with Crippen LogP contribution in [0.5, 0.6) is 0 Å². The number of thiazole rings is 1. The van der Waals surface area contributed by atoms with Gasteiger partial charge in [0.15, 0.2) is 11.5 Å². The smallest absolute Gasteiger partial charge is 0.358 e. The first kappa shape index (κ1) is 13.8. The highest BCUT2D eigenvalue weighted by Gasteiger charge is 2.21. The number of likely N-dealkylation sites (N-methyl/N-ethyl adjacent to an activating group) is 1. The van der Waals surface area contributed by atoms with Gasteiger partial charge in [0.2, 0.25) is 0 Å². The second-order valence-corrected chi connectivity index (χ2v) is 4.97. The van der Waals surface area contributed by atoms with Gasteiger partial charge >= 0.3 is 5.97 Å². The summed E-state index contributed by atoms with van der Waals surface area (Å²) in [6, 6.07) is 0. The number of esters is 1. The Hall–Kier alpha value is -1.27. The van der Waals surface area contributed by atoms with E-state index in [0.29, 0.717) is 4.88 Å². The summed E-state index contributed by atoms with van der Waals surface area (Å²) in [7, 11) is 5.20. The minimum atomic E-state index is -0.553. The Morgan fingerprint density at radius 1 is 1.41 bits per heavy atom. The molecule has 1 rings (SSSR count). The molecule has 0 saturated carbocycles. The lowest BCUT2D eigenvalue weighted by atomic mass is 10.3. The average Bonchev–Trinajstić information content (AvgIpc) is 2.69. The Kier molecular flexibility index (Phi) is 4.77. The van der Waals surface area contributed by atoms with Gasteiger partial charge in [-0.1, -0.05) is 0 Å². The van der Waals surface area contributed by atoms with Crippen molar-refractivity contribution < 1.29 is 14.3 Å². The molecule has 0 N–H and O–H groups in total. The van der Waals surface area contributed by atoms with E-state index in [2.05, 4.69) is 9.72 Å². The molecule has 94 valence electrons. The number of Topliss-reactive ketones (excluding diaryl/α,β-unsaturated/α-hetero) is 1. The molecule has 0 spiro atoms. The van der Waals surface area contributed by atoms with Gasteiger partial charge in [-0.2, -0.15) is 0 Å². The number of ether oxygens (including phenoxy) is 1. The van der Waals surface area contributed by atoms with Gasteiger partial charge in [0.1, 0.15) is 4.88 Å². The molecule has 17 heavy (non-hydrogen) atoms. The quantitative estimate of drug-likeness (QED) is 0.586. The van der Waals surface area contributed by atoms with Crippen LogP contribution in [-0.4, -0.2) is 49.4 Å². The third kappa shape index (κ3) is 3.61. The highest BCUT2D eigenvalue weighted by molar-refractivity contribution is 7.14. The Morgan fingerprint density at radius 2 is 2.06 bits per heavy atom. The monoisotopic (exact) mass is 256 g/mol. The molecule has 0 bridgehead atoms. The van der Waals surface area contributed by atoms with E-state index < -0.39 is 5.97 Å². The summed E-state index contributed by atoms with van der Waals surface area (Å²) in [4.78, 5) is 29.4. The van der Waals surface area contributed by atoms with Crippen molar-refractivity contribution in [3.8, 4) is 0 Å². The highest BCUT2D eigenvalue weighted by atomic mass is 32.1. The predicted molar refractivity (Wildman–Crippen MR) is 65.7 cm³/mol. The molecule has 0 aliphatic rings. The van der Waals surface area contributed by atoms with Crippen molar-refractivity contribution in [2.45, 2.75) is 13.3 Å². The standard InChI is InChI=1S/C11H16N2O3S/c1-7(14)10-9(11(15)16-4)12-8(17-10)5-6-13(2)3/h5-6H2,1-4H3. The van der Waals surface area contributed by atoms with E-state index in [1.165, 1.54) is 25.4 Å². The van der Waals surface area contributed by atoms with Crippen molar-refractivity contribution in [1.29, 1.82) is 0 Å². The van der Waals surface area contributed by atoms with Crippen LogP contribution >= 0.6 is 11.3 Å². The van der Waals surface area contributed by atoms with Crippen LogP contribution in [0.1, 0.15) is 32.1 Å². The molecule has 0 fully saturated rings. The Bertz CT molecular complexity index is 426. The fourth-order valence-electron chi connectivity index (χ4n) is 1.26. The third-order valence-electron chi connectivity index (χ3n) is 2.14. The molecule has 0 aliphatic heterocycles. The minimum Gasteiger partial charge on any atom is -0.464 e. The van der Waals surface area contributed by atoms with Gasteiger partial charge in [0.05, 0.1) is 12.1 Å². The van der Waals surface area contributed by atoms with Gasteiger partial charge in [-0.15, -0.1) is 11.3 Å². The van der Waals surface area contributed by atoms with Crippen LogP contribution in [0.4, 0.5) is 0 Å². The second kappa shape index (κ2) is 5.88. The Balaban J connectivity index is 2.96. The van der Waals surface area contributed by atoms with Gasteiger partial charge in [-0.05, 0) is 14.1 Å². The van der Waals surface area contributed by atoms with Crippen molar-refractivity contribution in [2.24, 2.45) is 0 Å². The third-order valence-corrected chi connectivity index (χ3v) is 3.36. The number of ketones is 1. The molecule has 1 aromatic rings. The van der Waals surface area contributed by atoms with E-state index in [1.54, 1.807) is 0 Å². The average molecular weight is 256 g/mol. The van der Waals surface area contributed by atoms with Crippen molar-refractivity contribution in [3.63, 3.8) is 0 Å². The SMILES string of the molecule is COC(=O)c1nc(CCN(C)C)sc1C(C)=O. The van der Waals surface area contributed by atoms with Crippen molar-refractivity contribution in [3.05, 3.63) is 15.6 Å². The first-order valence-electron chi connectivity index (χ1n) is 5.19. The van der Waals surface area contributed by atoms with Crippen molar-refractivity contribution >= 4 is 23.1 Å². The van der Waals surface area contributed by atoms with E-state index in [4.69, 9.17) is 0 Å². The van der Waals surface area contributed by atoms with Crippen LogP contribution < -0.4 is 0 Å². The largest absolute Gasteiger partial charge is 0.464 e. The zero-order valence-corrected chi connectivity index (χ0v) is 11.3. The molecule has 5 nitrogen and oxygen atoms in total. The molecule has 0 atom stereocenters. The number of carbonyl (C=O) groups is 2. The molecular formula is C11H16N2O3S. The normalized spacial score (nSPS) is 10.6. The first-order chi connectivity index (χ1) is 7.95. The molecule has 1 heterocycles. The van der Waals surface area contributed by atoms with Crippen LogP contribution in [0, 0.1) is 0 Å².